The summed E-state index contributed by atoms with van der Waals surface area (Å²) in [4.78, 5) is 44.1. The van der Waals surface area contributed by atoms with Crippen molar-refractivity contribution in [3.05, 3.63) is 51.2 Å². The number of rotatable bonds is 15. The Hall–Kier alpha value is -2.81. The number of benzene rings is 1. The molecule has 0 bridgehead atoms. The van der Waals surface area contributed by atoms with E-state index in [0.29, 0.717) is 22.9 Å². The highest BCUT2D eigenvalue weighted by Crippen LogP contribution is 2.23. The van der Waals surface area contributed by atoms with Crippen molar-refractivity contribution in [1.29, 1.82) is 0 Å². The summed E-state index contributed by atoms with van der Waals surface area (Å²) in [6.07, 6.45) is 12.2. The molecule has 0 fully saturated rings. The van der Waals surface area contributed by atoms with Gasteiger partial charge in [0.25, 0.3) is 5.56 Å². The molecule has 35 heavy (non-hydrogen) atoms. The Bertz CT molecular complexity index is 1200. The topological polar surface area (TPSA) is 102 Å². The summed E-state index contributed by atoms with van der Waals surface area (Å²) in [6.45, 7) is 2.86. The van der Waals surface area contributed by atoms with Crippen LogP contribution in [0.1, 0.15) is 71.1 Å². The maximum atomic E-state index is 12.6. The molecule has 9 heteroatoms. The zero-order valence-electron chi connectivity index (χ0n) is 20.8. The zero-order valence-corrected chi connectivity index (χ0v) is 21.7. The number of carbonyl (C=O) groups excluding carboxylic acids is 1. The number of amides is 1. The fraction of sp³-hybridized carbons (Fsp3) is 0.538. The lowest BCUT2D eigenvalue weighted by molar-refractivity contribution is -0.113. The lowest BCUT2D eigenvalue weighted by Gasteiger charge is -2.09. The first-order valence-electron chi connectivity index (χ1n) is 12.7. The summed E-state index contributed by atoms with van der Waals surface area (Å²) in [5, 5.41) is 3.44. The summed E-state index contributed by atoms with van der Waals surface area (Å²) in [6, 6.07) is 9.28. The van der Waals surface area contributed by atoms with E-state index >= 15 is 0 Å². The van der Waals surface area contributed by atoms with Gasteiger partial charge < -0.3 is 9.88 Å². The van der Waals surface area contributed by atoms with Gasteiger partial charge in [-0.3, -0.25) is 19.1 Å². The average molecular weight is 500 g/mol. The number of aromatic nitrogens is 4. The van der Waals surface area contributed by atoms with Crippen molar-refractivity contribution < 1.29 is 4.79 Å². The highest BCUT2D eigenvalue weighted by Gasteiger charge is 2.18. The van der Waals surface area contributed by atoms with Gasteiger partial charge in [-0.15, -0.1) is 0 Å². The molecule has 8 nitrogen and oxygen atoms in total. The number of thioether (sulfide) groups is 1. The Morgan fingerprint density at radius 2 is 1.60 bits per heavy atom. The third kappa shape index (κ3) is 7.85. The largest absolute Gasteiger partial charge is 0.329 e. The van der Waals surface area contributed by atoms with E-state index in [1.54, 1.807) is 7.05 Å². The molecule has 3 aromatic rings. The maximum absolute atomic E-state index is 12.6. The Kier molecular flexibility index (Phi) is 10.7. The number of nitrogens with one attached hydrogen (secondary N) is 2. The van der Waals surface area contributed by atoms with E-state index in [1.807, 2.05) is 34.9 Å². The van der Waals surface area contributed by atoms with E-state index in [0.717, 1.165) is 24.9 Å². The van der Waals surface area contributed by atoms with Crippen LogP contribution in [0.3, 0.4) is 0 Å². The van der Waals surface area contributed by atoms with Gasteiger partial charge in [0.1, 0.15) is 0 Å². The maximum Gasteiger partial charge on any atom is 0.329 e. The molecule has 0 saturated carbocycles. The molecule has 0 radical (unpaired) electrons. The highest BCUT2D eigenvalue weighted by molar-refractivity contribution is 7.99. The van der Waals surface area contributed by atoms with Gasteiger partial charge in [0, 0.05) is 19.3 Å². The number of imidazole rings is 1. The molecule has 2 aromatic heterocycles. The third-order valence-electron chi connectivity index (χ3n) is 6.10. The first kappa shape index (κ1) is 26.8. The number of aromatic amines is 1. The molecule has 1 amide bonds. The van der Waals surface area contributed by atoms with Crippen molar-refractivity contribution in [3.63, 3.8) is 0 Å². The Morgan fingerprint density at radius 3 is 2.26 bits per heavy atom. The number of para-hydroxylation sites is 1. The summed E-state index contributed by atoms with van der Waals surface area (Å²) in [5.74, 6) is 0.00351. The Balaban J connectivity index is 1.61. The summed E-state index contributed by atoms with van der Waals surface area (Å²) in [7, 11) is 1.59. The monoisotopic (exact) mass is 499 g/mol. The van der Waals surface area contributed by atoms with Crippen LogP contribution < -0.4 is 16.6 Å². The lowest BCUT2D eigenvalue weighted by Crippen LogP contribution is -2.29. The summed E-state index contributed by atoms with van der Waals surface area (Å²) in [5.41, 5.74) is 0.523. The van der Waals surface area contributed by atoms with Gasteiger partial charge in [-0.2, -0.15) is 0 Å². The van der Waals surface area contributed by atoms with E-state index in [2.05, 4.69) is 22.2 Å². The molecule has 190 valence electrons. The Labute approximate surface area is 210 Å². The molecule has 0 aliphatic carbocycles. The average Bonchev–Trinajstić information content (AvgIpc) is 3.22. The second-order valence-corrected chi connectivity index (χ2v) is 9.86. The van der Waals surface area contributed by atoms with Crippen LogP contribution in [-0.4, -0.2) is 30.8 Å². The first-order chi connectivity index (χ1) is 17.0. The number of aryl methyl sites for hydroxylation is 2. The van der Waals surface area contributed by atoms with Gasteiger partial charge in [-0.05, 0) is 18.6 Å². The minimum absolute atomic E-state index is 0.151. The smallest absolute Gasteiger partial charge is 0.325 e. The number of hydrogen-bond donors (Lipinski definition) is 2. The van der Waals surface area contributed by atoms with Crippen molar-refractivity contribution >= 4 is 34.5 Å². The molecular weight excluding hydrogens is 462 g/mol. The highest BCUT2D eigenvalue weighted by atomic mass is 32.2. The normalized spacial score (nSPS) is 11.3. The number of nitrogens with zero attached hydrogens (tertiary/aromatic N) is 3. The second-order valence-electron chi connectivity index (χ2n) is 8.92. The molecule has 0 aliphatic heterocycles. The quantitative estimate of drug-likeness (QED) is 0.224. The number of fused-ring (bicyclic) bond motifs is 1. The SMILES string of the molecule is CCCCCCCCCCCCn1c(SCC(=O)Nc2ccccc2)nc2c1c(=O)[nH]c(=O)n2C. The van der Waals surface area contributed by atoms with Crippen molar-refractivity contribution in [3.8, 4) is 0 Å². The predicted octanol–water partition coefficient (Wildman–Crippen LogP) is 5.08. The number of hydrogen-bond acceptors (Lipinski definition) is 5. The minimum atomic E-state index is -0.496. The van der Waals surface area contributed by atoms with Gasteiger partial charge in [0.15, 0.2) is 16.3 Å². The molecule has 3 rings (SSSR count). The van der Waals surface area contributed by atoms with E-state index < -0.39 is 11.2 Å². The number of anilines is 1. The molecule has 0 saturated heterocycles. The van der Waals surface area contributed by atoms with Gasteiger partial charge in [-0.25, -0.2) is 9.78 Å². The molecule has 2 N–H and O–H groups in total. The minimum Gasteiger partial charge on any atom is -0.325 e. The predicted molar refractivity (Wildman–Crippen MR) is 143 cm³/mol. The van der Waals surface area contributed by atoms with Crippen LogP contribution in [0.2, 0.25) is 0 Å². The molecule has 2 heterocycles. The van der Waals surface area contributed by atoms with Crippen LogP contribution in [0.25, 0.3) is 11.2 Å². The molecule has 0 aliphatic rings. The first-order valence-corrected chi connectivity index (χ1v) is 13.7. The number of H-pyrrole nitrogens is 1. The van der Waals surface area contributed by atoms with E-state index in [-0.39, 0.29) is 11.7 Å². The fourth-order valence-corrected chi connectivity index (χ4v) is 4.96. The van der Waals surface area contributed by atoms with Crippen LogP contribution in [0.4, 0.5) is 5.69 Å². The van der Waals surface area contributed by atoms with Gasteiger partial charge >= 0.3 is 5.69 Å². The van der Waals surface area contributed by atoms with Crippen molar-refractivity contribution in [2.75, 3.05) is 11.1 Å². The summed E-state index contributed by atoms with van der Waals surface area (Å²) >= 11 is 1.28. The van der Waals surface area contributed by atoms with Crippen LogP contribution in [0.5, 0.6) is 0 Å². The molecular formula is C26H37N5O3S. The second kappa shape index (κ2) is 13.9. The molecule has 1 aromatic carbocycles. The third-order valence-corrected chi connectivity index (χ3v) is 7.07. The van der Waals surface area contributed by atoms with E-state index in [9.17, 15) is 14.4 Å². The Morgan fingerprint density at radius 1 is 0.971 bits per heavy atom. The molecule has 0 atom stereocenters. The van der Waals surface area contributed by atoms with Gasteiger partial charge in [0.05, 0.1) is 5.75 Å². The van der Waals surface area contributed by atoms with Crippen LogP contribution in [0.15, 0.2) is 45.1 Å². The number of carbonyl (C=O) groups is 1. The lowest BCUT2D eigenvalue weighted by atomic mass is 10.1. The van der Waals surface area contributed by atoms with Crippen molar-refractivity contribution in [2.45, 2.75) is 82.8 Å². The molecule has 0 unspecified atom stereocenters. The van der Waals surface area contributed by atoms with E-state index in [1.165, 1.54) is 61.3 Å². The van der Waals surface area contributed by atoms with Crippen LogP contribution >= 0.6 is 11.8 Å². The van der Waals surface area contributed by atoms with Crippen molar-refractivity contribution in [1.82, 2.24) is 19.1 Å². The zero-order chi connectivity index (χ0) is 25.0. The van der Waals surface area contributed by atoms with Crippen molar-refractivity contribution in [2.24, 2.45) is 7.05 Å². The van der Waals surface area contributed by atoms with Crippen LogP contribution in [0, 0.1) is 0 Å². The van der Waals surface area contributed by atoms with Gasteiger partial charge in [-0.1, -0.05) is 94.7 Å². The van der Waals surface area contributed by atoms with Gasteiger partial charge in [0.2, 0.25) is 5.91 Å². The fourth-order valence-electron chi connectivity index (χ4n) is 4.14. The van der Waals surface area contributed by atoms with Crippen LogP contribution in [-0.2, 0) is 18.4 Å². The van der Waals surface area contributed by atoms with E-state index in [4.69, 9.17) is 0 Å². The standard InChI is InChI=1S/C26H37N5O3S/c1-3-4-5-6-7-8-9-10-11-15-18-31-22-23(30(2)25(34)29-24(22)33)28-26(31)35-19-21(32)27-20-16-13-12-14-17-20/h12-14,16-17H,3-11,15,18-19H2,1-2H3,(H,27,32)(H,29,33,34). The number of unbranched alkanes of at least 4 members (excludes halogenated alkanes) is 9. The summed E-state index contributed by atoms with van der Waals surface area (Å²) < 4.78 is 3.21. The molecule has 0 spiro atoms.